The largest absolute Gasteiger partial charge is 0.250 e. The molecule has 0 aliphatic heterocycles. The minimum absolute atomic E-state index is 1.07. The van der Waals surface area contributed by atoms with Crippen LogP contribution in [0.1, 0.15) is 25.0 Å². The third-order valence-corrected chi connectivity index (χ3v) is 2.77. The Kier molecular flexibility index (Phi) is 2.86. The van der Waals surface area contributed by atoms with Gasteiger partial charge in [-0.15, -0.1) is 0 Å². The van der Waals surface area contributed by atoms with Crippen molar-refractivity contribution in [1.82, 2.24) is 4.98 Å². The zero-order valence-corrected chi connectivity index (χ0v) is 9.33. The Balaban J connectivity index is 2.61. The van der Waals surface area contributed by atoms with Crippen LogP contribution in [-0.2, 0) is 12.8 Å². The highest BCUT2D eigenvalue weighted by molar-refractivity contribution is 5.41. The van der Waals surface area contributed by atoms with Gasteiger partial charge in [-0.3, -0.25) is 0 Å². The molecule has 0 radical (unpaired) electrons. The first-order valence-corrected chi connectivity index (χ1v) is 5.52. The number of hydrogen-bond acceptors (Lipinski definition) is 0. The third-order valence-electron chi connectivity index (χ3n) is 2.77. The maximum Gasteiger partial charge on any atom is 0.246 e. The van der Waals surface area contributed by atoms with Gasteiger partial charge < -0.3 is 0 Å². The highest BCUT2D eigenvalue weighted by Gasteiger charge is 2.12. The van der Waals surface area contributed by atoms with Gasteiger partial charge in [-0.1, -0.05) is 32.0 Å². The van der Waals surface area contributed by atoms with Gasteiger partial charge in [-0.25, -0.2) is 9.55 Å². The molecule has 1 aromatic carbocycles. The van der Waals surface area contributed by atoms with Crippen LogP contribution in [0.15, 0.2) is 36.9 Å². The fraction of sp³-hybridized carbons (Fsp3) is 0.308. The van der Waals surface area contributed by atoms with Crippen LogP contribution in [0, 0.1) is 0 Å². The molecule has 78 valence electrons. The van der Waals surface area contributed by atoms with Crippen molar-refractivity contribution in [2.45, 2.75) is 26.7 Å². The van der Waals surface area contributed by atoms with Crippen LogP contribution in [-0.4, -0.2) is 4.98 Å². The summed E-state index contributed by atoms with van der Waals surface area (Å²) in [7, 11) is 0. The molecule has 15 heavy (non-hydrogen) atoms. The summed E-state index contributed by atoms with van der Waals surface area (Å²) in [6.45, 7) is 4.40. The van der Waals surface area contributed by atoms with Crippen molar-refractivity contribution < 1.29 is 4.57 Å². The van der Waals surface area contributed by atoms with E-state index in [4.69, 9.17) is 0 Å². The van der Waals surface area contributed by atoms with Crippen LogP contribution in [0.4, 0.5) is 0 Å². The van der Waals surface area contributed by atoms with Crippen molar-refractivity contribution in [2.24, 2.45) is 0 Å². The second-order valence-corrected chi connectivity index (χ2v) is 3.65. The highest BCUT2D eigenvalue weighted by Crippen LogP contribution is 2.15. The normalized spacial score (nSPS) is 10.5. The first-order valence-electron chi connectivity index (χ1n) is 5.52. The number of benzene rings is 1. The lowest BCUT2D eigenvalue weighted by atomic mass is 10.0. The topological polar surface area (TPSA) is 19.7 Å². The molecule has 0 saturated carbocycles. The van der Waals surface area contributed by atoms with E-state index in [2.05, 4.69) is 47.8 Å². The smallest absolute Gasteiger partial charge is 0.246 e. The maximum atomic E-state index is 3.09. The van der Waals surface area contributed by atoms with Crippen LogP contribution >= 0.6 is 0 Å². The number of H-pyrrole nitrogens is 1. The zero-order chi connectivity index (χ0) is 10.7. The van der Waals surface area contributed by atoms with Gasteiger partial charge in [0.1, 0.15) is 18.1 Å². The Hall–Kier alpha value is -1.57. The van der Waals surface area contributed by atoms with E-state index < -0.39 is 0 Å². The molecule has 1 aromatic heterocycles. The van der Waals surface area contributed by atoms with Crippen LogP contribution < -0.4 is 4.57 Å². The molecule has 0 atom stereocenters. The second kappa shape index (κ2) is 4.30. The molecule has 2 aromatic rings. The average molecular weight is 201 g/mol. The van der Waals surface area contributed by atoms with Gasteiger partial charge in [-0.2, -0.15) is 0 Å². The average Bonchev–Trinajstić information content (AvgIpc) is 2.81. The molecule has 0 saturated heterocycles. The number of imidazole rings is 1. The lowest BCUT2D eigenvalue weighted by Crippen LogP contribution is -2.30. The lowest BCUT2D eigenvalue weighted by molar-refractivity contribution is -0.595. The Bertz CT molecular complexity index is 408. The van der Waals surface area contributed by atoms with E-state index in [0.717, 1.165) is 12.8 Å². The van der Waals surface area contributed by atoms with Crippen molar-refractivity contribution in [2.75, 3.05) is 0 Å². The summed E-state index contributed by atoms with van der Waals surface area (Å²) in [6, 6.07) is 6.55. The Morgan fingerprint density at radius 1 is 1.13 bits per heavy atom. The molecular weight excluding hydrogens is 184 g/mol. The monoisotopic (exact) mass is 201 g/mol. The van der Waals surface area contributed by atoms with E-state index >= 15 is 0 Å². The van der Waals surface area contributed by atoms with E-state index in [1.54, 1.807) is 0 Å². The van der Waals surface area contributed by atoms with Gasteiger partial charge in [0.15, 0.2) is 0 Å². The third kappa shape index (κ3) is 1.80. The predicted octanol–water partition coefficient (Wildman–Crippen LogP) is 2.42. The quantitative estimate of drug-likeness (QED) is 0.736. The number of nitrogens with zero attached hydrogens (tertiary/aromatic N) is 1. The summed E-state index contributed by atoms with van der Waals surface area (Å²) in [6.07, 6.45) is 8.15. The van der Waals surface area contributed by atoms with E-state index in [-0.39, 0.29) is 0 Å². The molecule has 2 rings (SSSR count). The highest BCUT2D eigenvalue weighted by atomic mass is 15.0. The van der Waals surface area contributed by atoms with Crippen molar-refractivity contribution in [1.29, 1.82) is 0 Å². The van der Waals surface area contributed by atoms with Crippen molar-refractivity contribution in [3.8, 4) is 5.69 Å². The standard InChI is InChI=1S/C13H16N2/c1-3-11-6-5-7-12(4-2)13(11)15-9-8-14-10-15/h5-10H,3-4H2,1-2H3/p+1. The van der Waals surface area contributed by atoms with Gasteiger partial charge in [0.2, 0.25) is 6.33 Å². The first kappa shape index (κ1) is 9.97. The molecule has 0 unspecified atom stereocenters. The van der Waals surface area contributed by atoms with E-state index in [9.17, 15) is 0 Å². The minimum Gasteiger partial charge on any atom is -0.250 e. The minimum atomic E-state index is 1.07. The summed E-state index contributed by atoms with van der Waals surface area (Å²) < 4.78 is 2.16. The van der Waals surface area contributed by atoms with Crippen LogP contribution in [0.25, 0.3) is 5.69 Å². The molecule has 0 fully saturated rings. The first-order chi connectivity index (χ1) is 7.36. The summed E-state index contributed by atoms with van der Waals surface area (Å²) in [5.74, 6) is 0. The van der Waals surface area contributed by atoms with Gasteiger partial charge in [0.05, 0.1) is 0 Å². The van der Waals surface area contributed by atoms with Crippen molar-refractivity contribution >= 4 is 0 Å². The number of aromatic amines is 1. The summed E-state index contributed by atoms with van der Waals surface area (Å²) in [5, 5.41) is 0. The van der Waals surface area contributed by atoms with E-state index in [0.29, 0.717) is 0 Å². The number of nitrogens with one attached hydrogen (secondary N) is 1. The SMILES string of the molecule is CCc1cccc(CC)c1-[n+]1cc[nH]c1. The molecule has 0 aliphatic carbocycles. The maximum absolute atomic E-state index is 3.09. The fourth-order valence-corrected chi connectivity index (χ4v) is 1.98. The van der Waals surface area contributed by atoms with Crippen molar-refractivity contribution in [3.05, 3.63) is 48.0 Å². The molecule has 2 heteroatoms. The Labute approximate surface area is 90.6 Å². The number of aromatic nitrogens is 2. The molecule has 0 bridgehead atoms. The summed E-state index contributed by atoms with van der Waals surface area (Å²) in [5.41, 5.74) is 4.14. The molecule has 0 amide bonds. The summed E-state index contributed by atoms with van der Waals surface area (Å²) in [4.78, 5) is 3.09. The Morgan fingerprint density at radius 2 is 1.80 bits per heavy atom. The molecular formula is C13H17N2+. The molecule has 1 N–H and O–H groups in total. The molecule has 2 nitrogen and oxygen atoms in total. The van der Waals surface area contributed by atoms with Crippen LogP contribution in [0.3, 0.4) is 0 Å². The Morgan fingerprint density at radius 3 is 2.27 bits per heavy atom. The zero-order valence-electron chi connectivity index (χ0n) is 9.33. The number of rotatable bonds is 3. The van der Waals surface area contributed by atoms with Crippen LogP contribution in [0.5, 0.6) is 0 Å². The molecule has 0 aliphatic rings. The van der Waals surface area contributed by atoms with Crippen molar-refractivity contribution in [3.63, 3.8) is 0 Å². The fourth-order valence-electron chi connectivity index (χ4n) is 1.98. The molecule has 0 spiro atoms. The van der Waals surface area contributed by atoms with Crippen LogP contribution in [0.2, 0.25) is 0 Å². The number of para-hydroxylation sites is 1. The second-order valence-electron chi connectivity index (χ2n) is 3.65. The van der Waals surface area contributed by atoms with E-state index in [1.807, 2.05) is 12.5 Å². The number of hydrogen-bond donors (Lipinski definition) is 1. The summed E-state index contributed by atoms with van der Waals surface area (Å²) >= 11 is 0. The van der Waals surface area contributed by atoms with Gasteiger partial charge in [0, 0.05) is 0 Å². The van der Waals surface area contributed by atoms with Gasteiger partial charge >= 0.3 is 0 Å². The lowest BCUT2D eigenvalue weighted by Gasteiger charge is -2.08. The van der Waals surface area contributed by atoms with E-state index in [1.165, 1.54) is 16.8 Å². The van der Waals surface area contributed by atoms with Gasteiger partial charge in [-0.05, 0) is 24.0 Å². The predicted molar refractivity (Wildman–Crippen MR) is 61.1 cm³/mol. The number of aryl methyl sites for hydroxylation is 2. The van der Waals surface area contributed by atoms with Gasteiger partial charge in [0.25, 0.3) is 0 Å². The molecule has 1 heterocycles.